The minimum absolute atomic E-state index is 0.0239. The first kappa shape index (κ1) is 34.7. The van der Waals surface area contributed by atoms with E-state index < -0.39 is 25.1 Å². The number of carbonyl (C=O) groups is 1. The molecule has 0 saturated heterocycles. The number of carbonyl (C=O) groups excluding carboxylic acids is 1. The van der Waals surface area contributed by atoms with Gasteiger partial charge in [-0.2, -0.15) is 13.2 Å². The van der Waals surface area contributed by atoms with E-state index in [-0.39, 0.29) is 38.2 Å². The zero-order chi connectivity index (χ0) is 33.0. The van der Waals surface area contributed by atoms with Gasteiger partial charge in [0.2, 0.25) is 6.41 Å². The van der Waals surface area contributed by atoms with Crippen LogP contribution in [0.3, 0.4) is 0 Å². The lowest BCUT2D eigenvalue weighted by molar-refractivity contribution is -0.275. The molecule has 0 fully saturated rings. The van der Waals surface area contributed by atoms with Gasteiger partial charge in [-0.15, -0.1) is 0 Å². The van der Waals surface area contributed by atoms with Crippen LogP contribution in [0, 0.1) is 0 Å². The Hall–Kier alpha value is -3.18. The fourth-order valence-corrected chi connectivity index (χ4v) is 6.64. The minimum Gasteiger partial charge on any atom is -0.446 e. The summed E-state index contributed by atoms with van der Waals surface area (Å²) in [7, 11) is 0. The van der Waals surface area contributed by atoms with Crippen molar-refractivity contribution in [3.8, 4) is 0 Å². The number of hydrogen-bond acceptors (Lipinski definition) is 4. The molecule has 3 heterocycles. The van der Waals surface area contributed by atoms with Gasteiger partial charge < -0.3 is 20.6 Å². The Labute approximate surface area is 275 Å². The molecule has 2 aliphatic rings. The van der Waals surface area contributed by atoms with Gasteiger partial charge in [0.05, 0.1) is 27.2 Å². The number of allylic oxidation sites excluding steroid dienone is 4. The number of alkyl halides is 3. The fraction of sp³-hybridized carbons (Fsp3) is 0.312. The molecule has 0 bridgehead atoms. The second-order valence-electron chi connectivity index (χ2n) is 11.3. The third kappa shape index (κ3) is 7.14. The maximum atomic E-state index is 14.6. The van der Waals surface area contributed by atoms with E-state index in [1.165, 1.54) is 5.56 Å². The zero-order valence-corrected chi connectivity index (χ0v) is 26.9. The van der Waals surface area contributed by atoms with E-state index in [1.54, 1.807) is 30.5 Å². The van der Waals surface area contributed by atoms with E-state index in [4.69, 9.17) is 44.4 Å². The standard InChI is InChI=1S/C31H29BCl3F3N2O2.CH3NO/c1-3-12-29(2)18-32(41)23-14-19(10-11-22(23)29)7-4-5-8-21(26-9-6-13-39-26)27-17-30(42-40-27,31(36,37)38)20-15-24(33)28(35)25(34)16-20;2-1-3/h4-6,8-11,13-16,39,41H,3,7,12,17-18H2,1-2H3;1H,(H2,2,3)/b5-4+,21-8+;. The molecule has 0 radical (unpaired) electrons. The van der Waals surface area contributed by atoms with Gasteiger partial charge in [0.25, 0.3) is 5.60 Å². The molecule has 3 aromatic rings. The Morgan fingerprint density at radius 3 is 2.49 bits per heavy atom. The first-order valence-electron chi connectivity index (χ1n) is 14.2. The number of amides is 1. The van der Waals surface area contributed by atoms with Crippen LogP contribution in [0.2, 0.25) is 21.4 Å². The van der Waals surface area contributed by atoms with Crippen molar-refractivity contribution >= 4 is 64.9 Å². The number of H-pyrrole nitrogens is 1. The van der Waals surface area contributed by atoms with Crippen molar-refractivity contribution in [2.45, 2.75) is 63.0 Å². The van der Waals surface area contributed by atoms with Gasteiger partial charge in [-0.1, -0.05) is 96.7 Å². The van der Waals surface area contributed by atoms with Gasteiger partial charge in [-0.3, -0.25) is 4.79 Å². The van der Waals surface area contributed by atoms with Crippen molar-refractivity contribution in [2.24, 2.45) is 10.9 Å². The van der Waals surface area contributed by atoms with Crippen LogP contribution in [0.15, 0.2) is 72.0 Å². The fourth-order valence-electron chi connectivity index (χ4n) is 6.04. The van der Waals surface area contributed by atoms with Crippen LogP contribution in [0.5, 0.6) is 0 Å². The van der Waals surface area contributed by atoms with Gasteiger partial charge in [-0.25, -0.2) is 0 Å². The summed E-state index contributed by atoms with van der Waals surface area (Å²) in [5.41, 5.74) is 5.43. The Bertz CT molecular complexity index is 1610. The molecule has 2 aromatic carbocycles. The monoisotopic (exact) mass is 679 g/mol. The van der Waals surface area contributed by atoms with Crippen LogP contribution in [-0.2, 0) is 27.1 Å². The van der Waals surface area contributed by atoms with Crippen molar-refractivity contribution < 1.29 is 27.8 Å². The summed E-state index contributed by atoms with van der Waals surface area (Å²) < 4.78 is 43.7. The molecule has 2 atom stereocenters. The summed E-state index contributed by atoms with van der Waals surface area (Å²) in [5, 5.41) is 14.4. The summed E-state index contributed by atoms with van der Waals surface area (Å²) >= 11 is 18.1. The third-order valence-corrected chi connectivity index (χ3v) is 9.36. The van der Waals surface area contributed by atoms with Gasteiger partial charge in [-0.05, 0) is 65.4 Å². The molecule has 45 heavy (non-hydrogen) atoms. The highest BCUT2D eigenvalue weighted by atomic mass is 35.5. The van der Waals surface area contributed by atoms with Gasteiger partial charge in [0, 0.05) is 23.0 Å². The van der Waals surface area contributed by atoms with Crippen molar-refractivity contribution in [2.75, 3.05) is 0 Å². The van der Waals surface area contributed by atoms with Crippen LogP contribution in [-0.4, -0.2) is 35.2 Å². The Kier molecular flexibility index (Phi) is 10.9. The molecule has 2 unspecified atom stereocenters. The number of benzene rings is 2. The third-order valence-electron chi connectivity index (χ3n) is 8.16. The molecule has 238 valence electrons. The smallest absolute Gasteiger partial charge is 0.435 e. The van der Waals surface area contributed by atoms with Gasteiger partial charge >= 0.3 is 13.1 Å². The molecule has 5 rings (SSSR count). The number of halogens is 6. The number of aromatic amines is 1. The van der Waals surface area contributed by atoms with E-state index in [9.17, 15) is 18.2 Å². The molecule has 13 heteroatoms. The average Bonchev–Trinajstić information content (AvgIpc) is 3.72. The first-order chi connectivity index (χ1) is 21.3. The lowest BCUT2D eigenvalue weighted by Crippen LogP contribution is -2.42. The number of primary amides is 1. The quantitative estimate of drug-likeness (QED) is 0.0982. The highest BCUT2D eigenvalue weighted by molar-refractivity contribution is 6.68. The molecule has 2 aliphatic heterocycles. The summed E-state index contributed by atoms with van der Waals surface area (Å²) in [4.78, 5) is 16.8. The van der Waals surface area contributed by atoms with Crippen LogP contribution < -0.4 is 11.2 Å². The number of nitrogens with one attached hydrogen (secondary N) is 1. The lowest BCUT2D eigenvalue weighted by Gasteiger charge is -2.30. The van der Waals surface area contributed by atoms with Crippen LogP contribution in [0.4, 0.5) is 13.2 Å². The topological polar surface area (TPSA) is 101 Å². The Balaban J connectivity index is 0.00000148. The number of nitrogens with zero attached hydrogens (tertiary/aromatic N) is 1. The molecule has 1 amide bonds. The number of nitrogens with two attached hydrogens (primary N) is 1. The summed E-state index contributed by atoms with van der Waals surface area (Å²) in [5.74, 6) is 0. The second-order valence-corrected chi connectivity index (χ2v) is 12.5. The highest BCUT2D eigenvalue weighted by Gasteiger charge is 2.62. The number of hydrogen-bond donors (Lipinski definition) is 3. The first-order valence-corrected chi connectivity index (χ1v) is 15.4. The van der Waals surface area contributed by atoms with E-state index in [1.807, 2.05) is 6.08 Å². The van der Waals surface area contributed by atoms with E-state index in [0.29, 0.717) is 17.7 Å². The van der Waals surface area contributed by atoms with Crippen LogP contribution in [0.1, 0.15) is 55.5 Å². The molecule has 0 spiro atoms. The molecular weight excluding hydrogens is 649 g/mol. The van der Waals surface area contributed by atoms with E-state index in [0.717, 1.165) is 42.3 Å². The van der Waals surface area contributed by atoms with E-state index >= 15 is 0 Å². The summed E-state index contributed by atoms with van der Waals surface area (Å²) in [6, 6.07) is 12.0. The molecule has 0 aliphatic carbocycles. The molecule has 0 saturated carbocycles. The average molecular weight is 681 g/mol. The number of rotatable bonds is 8. The molecule has 4 N–H and O–H groups in total. The van der Waals surface area contributed by atoms with Crippen molar-refractivity contribution in [3.05, 3.63) is 104 Å². The van der Waals surface area contributed by atoms with E-state index in [2.05, 4.69) is 47.9 Å². The zero-order valence-electron chi connectivity index (χ0n) is 24.6. The SMILES string of the molecule is CCCC1(C)CB(O)c2cc(C/C=C/C=C(/C3=NOC(c4cc(Cl)c(Cl)c(Cl)c4)(C(F)(F)F)C3)c3ccc[nH]3)ccc21.NC=O. The normalized spacial score (nSPS) is 21.3. The maximum absolute atomic E-state index is 14.6. The molecular formula is C32H32BCl3F3N3O3. The largest absolute Gasteiger partial charge is 0.446 e. The Morgan fingerprint density at radius 1 is 1.20 bits per heavy atom. The van der Waals surface area contributed by atoms with Crippen molar-refractivity contribution in [1.29, 1.82) is 0 Å². The van der Waals surface area contributed by atoms with Crippen molar-refractivity contribution in [1.82, 2.24) is 4.98 Å². The highest BCUT2D eigenvalue weighted by Crippen LogP contribution is 2.51. The minimum atomic E-state index is -4.83. The molecule has 6 nitrogen and oxygen atoms in total. The van der Waals surface area contributed by atoms with Crippen molar-refractivity contribution in [3.63, 3.8) is 0 Å². The molecule has 1 aromatic heterocycles. The summed E-state index contributed by atoms with van der Waals surface area (Å²) in [6.45, 7) is 3.87. The van der Waals surface area contributed by atoms with Gasteiger partial charge in [0.1, 0.15) is 0 Å². The summed E-state index contributed by atoms with van der Waals surface area (Å²) in [6.07, 6.45) is 5.28. The predicted octanol–water partition coefficient (Wildman–Crippen LogP) is 7.76. The number of fused-ring (bicyclic) bond motifs is 1. The lowest BCUT2D eigenvalue weighted by atomic mass is 9.60. The Morgan fingerprint density at radius 2 is 1.89 bits per heavy atom. The van der Waals surface area contributed by atoms with Gasteiger partial charge in [0.15, 0.2) is 0 Å². The van der Waals surface area contributed by atoms with Crippen LogP contribution >= 0.6 is 34.8 Å². The van der Waals surface area contributed by atoms with Crippen LogP contribution in [0.25, 0.3) is 5.57 Å². The maximum Gasteiger partial charge on any atom is 0.435 e. The number of oxime groups is 1. The second kappa shape index (κ2) is 14.1. The predicted molar refractivity (Wildman–Crippen MR) is 175 cm³/mol. The number of aromatic nitrogens is 1.